The predicted octanol–water partition coefficient (Wildman–Crippen LogP) is 2.70. The summed E-state index contributed by atoms with van der Waals surface area (Å²) >= 11 is 8.59. The Balaban J connectivity index is 1.70. The molecule has 0 radical (unpaired) electrons. The van der Waals surface area contributed by atoms with Crippen molar-refractivity contribution in [3.63, 3.8) is 0 Å². The third-order valence-corrected chi connectivity index (χ3v) is 6.72. The van der Waals surface area contributed by atoms with Gasteiger partial charge in [-0.1, -0.05) is 22.9 Å². The first kappa shape index (κ1) is 21.9. The number of fused-ring (bicyclic) bond motifs is 1. The molecule has 156 valence electrons. The first-order valence-corrected chi connectivity index (χ1v) is 11.6. The number of halogens is 1. The van der Waals surface area contributed by atoms with Crippen molar-refractivity contribution < 1.29 is 19.1 Å². The summed E-state index contributed by atoms with van der Waals surface area (Å²) in [6, 6.07) is 5.27. The minimum Gasteiger partial charge on any atom is -0.468 e. The maximum atomic E-state index is 12.4. The molecule has 0 atom stereocenters. The highest BCUT2D eigenvalue weighted by Gasteiger charge is 2.17. The number of ether oxygens (including phenoxy) is 1. The molecule has 1 aromatic heterocycles. The molecular weight excluding hydrogens is 434 g/mol. The number of likely N-dealkylation sites (tertiary alicyclic amines) is 1. The molecule has 2 heterocycles. The van der Waals surface area contributed by atoms with E-state index in [0.29, 0.717) is 9.82 Å². The fourth-order valence-electron chi connectivity index (χ4n) is 3.08. The lowest BCUT2D eigenvalue weighted by molar-refractivity contribution is -0.141. The van der Waals surface area contributed by atoms with Crippen LogP contribution in [0.25, 0.3) is 10.2 Å². The van der Waals surface area contributed by atoms with Crippen molar-refractivity contribution in [2.24, 2.45) is 4.99 Å². The van der Waals surface area contributed by atoms with Gasteiger partial charge in [0.25, 0.3) is 5.91 Å². The summed E-state index contributed by atoms with van der Waals surface area (Å²) in [5.41, 5.74) is 0.754. The van der Waals surface area contributed by atoms with E-state index in [9.17, 15) is 14.4 Å². The average molecular weight is 456 g/mol. The standard InChI is InChI=1S/C19H22ClN3O4S2/c1-27-18(26)10-23-14-6-5-13(20)9-15(14)29-19(23)21-16(24)11-28-12-17(25)22-7-3-2-4-8-22/h5-6,9H,2-4,7-8,10-12H2,1H3. The van der Waals surface area contributed by atoms with Gasteiger partial charge in [0.15, 0.2) is 4.80 Å². The Labute approximate surface area is 181 Å². The molecule has 0 unspecified atom stereocenters. The Morgan fingerprint density at radius 1 is 1.21 bits per heavy atom. The Bertz CT molecular complexity index is 979. The Morgan fingerprint density at radius 2 is 1.97 bits per heavy atom. The summed E-state index contributed by atoms with van der Waals surface area (Å²) < 4.78 is 7.21. The number of aromatic nitrogens is 1. The van der Waals surface area contributed by atoms with Crippen LogP contribution in [0.5, 0.6) is 0 Å². The average Bonchev–Trinajstić information content (AvgIpc) is 3.04. The summed E-state index contributed by atoms with van der Waals surface area (Å²) in [6.07, 6.45) is 3.25. The van der Waals surface area contributed by atoms with Crippen LogP contribution in [-0.4, -0.2) is 59.0 Å². The molecule has 3 rings (SSSR count). The van der Waals surface area contributed by atoms with Crippen molar-refractivity contribution in [2.45, 2.75) is 25.8 Å². The van der Waals surface area contributed by atoms with Crippen LogP contribution in [0, 0.1) is 0 Å². The zero-order valence-electron chi connectivity index (χ0n) is 16.1. The van der Waals surface area contributed by atoms with E-state index in [-0.39, 0.29) is 29.9 Å². The van der Waals surface area contributed by atoms with E-state index in [4.69, 9.17) is 16.3 Å². The van der Waals surface area contributed by atoms with Gasteiger partial charge >= 0.3 is 5.97 Å². The molecule has 1 aliphatic rings. The highest BCUT2D eigenvalue weighted by molar-refractivity contribution is 8.00. The fraction of sp³-hybridized carbons (Fsp3) is 0.474. The predicted molar refractivity (Wildman–Crippen MR) is 115 cm³/mol. The lowest BCUT2D eigenvalue weighted by Crippen LogP contribution is -2.36. The van der Waals surface area contributed by atoms with Crippen molar-refractivity contribution in [1.82, 2.24) is 9.47 Å². The van der Waals surface area contributed by atoms with Crippen LogP contribution in [0.3, 0.4) is 0 Å². The van der Waals surface area contributed by atoms with E-state index in [1.807, 2.05) is 4.90 Å². The van der Waals surface area contributed by atoms with Gasteiger partial charge in [-0.3, -0.25) is 14.4 Å². The molecule has 0 spiro atoms. The van der Waals surface area contributed by atoms with Gasteiger partial charge in [-0.15, -0.1) is 11.8 Å². The number of amides is 2. The fourth-order valence-corrected chi connectivity index (χ4v) is 5.10. The lowest BCUT2D eigenvalue weighted by atomic mass is 10.1. The summed E-state index contributed by atoms with van der Waals surface area (Å²) in [5.74, 6) is -0.342. The first-order chi connectivity index (χ1) is 14.0. The summed E-state index contributed by atoms with van der Waals surface area (Å²) in [5, 5.41) is 0.564. The number of rotatable bonds is 6. The summed E-state index contributed by atoms with van der Waals surface area (Å²) in [4.78, 5) is 42.8. The molecule has 1 fully saturated rings. The van der Waals surface area contributed by atoms with Crippen LogP contribution < -0.4 is 4.80 Å². The van der Waals surface area contributed by atoms with Crippen LogP contribution in [0.2, 0.25) is 5.02 Å². The maximum absolute atomic E-state index is 12.4. The minimum atomic E-state index is -0.435. The van der Waals surface area contributed by atoms with Gasteiger partial charge in [-0.05, 0) is 37.5 Å². The first-order valence-electron chi connectivity index (χ1n) is 9.26. The smallest absolute Gasteiger partial charge is 0.325 e. The molecule has 1 saturated heterocycles. The molecule has 1 aromatic carbocycles. The molecule has 0 saturated carbocycles. The van der Waals surface area contributed by atoms with Crippen LogP contribution in [0.15, 0.2) is 23.2 Å². The Hall–Kier alpha value is -1.84. The van der Waals surface area contributed by atoms with E-state index in [1.54, 1.807) is 22.8 Å². The maximum Gasteiger partial charge on any atom is 0.325 e. The van der Waals surface area contributed by atoms with Crippen LogP contribution in [0.1, 0.15) is 19.3 Å². The molecular formula is C19H22ClN3O4S2. The Kier molecular flexibility index (Phi) is 7.74. The number of thiazole rings is 1. The quantitative estimate of drug-likeness (QED) is 0.625. The SMILES string of the molecule is COC(=O)Cn1c(=NC(=O)CSCC(=O)N2CCCCC2)sc2cc(Cl)ccc21. The zero-order valence-corrected chi connectivity index (χ0v) is 18.4. The monoisotopic (exact) mass is 455 g/mol. The molecule has 29 heavy (non-hydrogen) atoms. The number of carbonyl (C=O) groups excluding carboxylic acids is 3. The second-order valence-corrected chi connectivity index (χ2v) is 9.03. The number of carbonyl (C=O) groups is 3. The van der Waals surface area contributed by atoms with Crippen molar-refractivity contribution >= 4 is 62.7 Å². The third kappa shape index (κ3) is 5.83. The molecule has 10 heteroatoms. The minimum absolute atomic E-state index is 0.0508. The highest BCUT2D eigenvalue weighted by Crippen LogP contribution is 2.22. The second-order valence-electron chi connectivity index (χ2n) is 6.60. The molecule has 1 aliphatic heterocycles. The van der Waals surface area contributed by atoms with E-state index < -0.39 is 5.97 Å². The van der Waals surface area contributed by atoms with Gasteiger partial charge in [0.1, 0.15) is 6.54 Å². The van der Waals surface area contributed by atoms with E-state index >= 15 is 0 Å². The number of thioether (sulfide) groups is 1. The van der Waals surface area contributed by atoms with Crippen LogP contribution in [0.4, 0.5) is 0 Å². The van der Waals surface area contributed by atoms with E-state index in [0.717, 1.165) is 36.1 Å². The third-order valence-electron chi connectivity index (χ3n) is 4.54. The van der Waals surface area contributed by atoms with Gasteiger partial charge in [0, 0.05) is 18.1 Å². The van der Waals surface area contributed by atoms with E-state index in [1.165, 1.54) is 36.6 Å². The van der Waals surface area contributed by atoms with Crippen LogP contribution >= 0.6 is 34.7 Å². The van der Waals surface area contributed by atoms with Crippen molar-refractivity contribution in [3.8, 4) is 0 Å². The number of hydrogen-bond donors (Lipinski definition) is 0. The number of hydrogen-bond acceptors (Lipinski definition) is 6. The number of benzene rings is 1. The molecule has 0 bridgehead atoms. The van der Waals surface area contributed by atoms with Crippen molar-refractivity contribution in [3.05, 3.63) is 28.0 Å². The molecule has 2 aromatic rings. The van der Waals surface area contributed by atoms with Gasteiger partial charge in [-0.2, -0.15) is 4.99 Å². The van der Waals surface area contributed by atoms with Gasteiger partial charge in [-0.25, -0.2) is 0 Å². The Morgan fingerprint density at radius 3 is 2.69 bits per heavy atom. The van der Waals surface area contributed by atoms with Crippen LogP contribution in [-0.2, 0) is 25.7 Å². The molecule has 2 amide bonds. The molecule has 0 aliphatic carbocycles. The lowest BCUT2D eigenvalue weighted by Gasteiger charge is -2.26. The molecule has 7 nitrogen and oxygen atoms in total. The largest absolute Gasteiger partial charge is 0.468 e. The van der Waals surface area contributed by atoms with Crippen molar-refractivity contribution in [1.29, 1.82) is 0 Å². The van der Waals surface area contributed by atoms with Gasteiger partial charge < -0.3 is 14.2 Å². The van der Waals surface area contributed by atoms with Gasteiger partial charge in [0.2, 0.25) is 5.91 Å². The second kappa shape index (κ2) is 10.3. The summed E-state index contributed by atoms with van der Waals surface area (Å²) in [6.45, 7) is 1.55. The summed E-state index contributed by atoms with van der Waals surface area (Å²) in [7, 11) is 1.31. The van der Waals surface area contributed by atoms with E-state index in [2.05, 4.69) is 4.99 Å². The normalized spacial score (nSPS) is 15.0. The number of nitrogens with zero attached hydrogens (tertiary/aromatic N) is 3. The number of piperidine rings is 1. The topological polar surface area (TPSA) is 81.0 Å². The van der Waals surface area contributed by atoms with Gasteiger partial charge in [0.05, 0.1) is 28.8 Å². The number of methoxy groups -OCH3 is 1. The zero-order chi connectivity index (χ0) is 20.8. The van der Waals surface area contributed by atoms with Crippen molar-refractivity contribution in [2.75, 3.05) is 31.7 Å². The number of esters is 1. The molecule has 0 N–H and O–H groups in total. The highest BCUT2D eigenvalue weighted by atomic mass is 35.5.